The van der Waals surface area contributed by atoms with Crippen LogP contribution in [0.15, 0.2) is 53.3 Å². The Balaban J connectivity index is 1.75. The fourth-order valence-corrected chi connectivity index (χ4v) is 3.72. The molecule has 136 valence electrons. The van der Waals surface area contributed by atoms with Crippen LogP contribution in [0.4, 0.5) is 5.69 Å². The monoisotopic (exact) mass is 381 g/mol. The van der Waals surface area contributed by atoms with Crippen molar-refractivity contribution in [2.75, 3.05) is 19.5 Å². The van der Waals surface area contributed by atoms with E-state index in [1.807, 2.05) is 24.3 Å². The third kappa shape index (κ3) is 3.00. The Morgan fingerprint density at radius 1 is 1.11 bits per heavy atom. The first-order valence-corrected chi connectivity index (χ1v) is 8.87. The molecule has 0 radical (unpaired) electrons. The summed E-state index contributed by atoms with van der Waals surface area (Å²) >= 11 is 1.15. The summed E-state index contributed by atoms with van der Waals surface area (Å²) in [6, 6.07) is 13.7. The van der Waals surface area contributed by atoms with Crippen LogP contribution in [0.25, 0.3) is 16.0 Å². The number of para-hydroxylation sites is 2. The molecule has 0 bridgehead atoms. The molecule has 7 nitrogen and oxygen atoms in total. The number of methoxy groups -OCH3 is 2. The molecule has 4 aromatic rings. The van der Waals surface area contributed by atoms with E-state index in [1.54, 1.807) is 18.2 Å². The molecule has 4 rings (SSSR count). The van der Waals surface area contributed by atoms with E-state index in [2.05, 4.69) is 10.3 Å². The van der Waals surface area contributed by atoms with Crippen LogP contribution < -0.4 is 20.3 Å². The molecule has 0 aliphatic rings. The minimum absolute atomic E-state index is 0.257. The first-order valence-electron chi connectivity index (χ1n) is 8.05. The molecule has 2 aromatic carbocycles. The molecule has 0 saturated heterocycles. The van der Waals surface area contributed by atoms with Gasteiger partial charge in [-0.1, -0.05) is 23.5 Å². The smallest absolute Gasteiger partial charge is 0.266 e. The maximum Gasteiger partial charge on any atom is 0.266 e. The van der Waals surface area contributed by atoms with Crippen LogP contribution >= 0.6 is 11.3 Å². The molecule has 0 saturated carbocycles. The predicted molar refractivity (Wildman–Crippen MR) is 104 cm³/mol. The van der Waals surface area contributed by atoms with Crippen molar-refractivity contribution in [1.29, 1.82) is 0 Å². The van der Waals surface area contributed by atoms with Gasteiger partial charge < -0.3 is 14.8 Å². The largest absolute Gasteiger partial charge is 0.497 e. The number of nitrogens with zero attached hydrogens (tertiary/aromatic N) is 2. The molecular formula is C19H15N3O4S. The zero-order chi connectivity index (χ0) is 19.0. The van der Waals surface area contributed by atoms with E-state index in [0.717, 1.165) is 16.9 Å². The van der Waals surface area contributed by atoms with Gasteiger partial charge in [-0.2, -0.15) is 0 Å². The summed E-state index contributed by atoms with van der Waals surface area (Å²) in [4.78, 5) is 30.4. The fraction of sp³-hybridized carbons (Fsp3) is 0.105. The molecule has 0 atom stereocenters. The van der Waals surface area contributed by atoms with Crippen molar-refractivity contribution in [2.24, 2.45) is 0 Å². The minimum atomic E-state index is -0.418. The maximum atomic E-state index is 12.7. The third-order valence-electron chi connectivity index (χ3n) is 4.08. The van der Waals surface area contributed by atoms with E-state index in [9.17, 15) is 9.59 Å². The van der Waals surface area contributed by atoms with Crippen molar-refractivity contribution in [3.63, 3.8) is 0 Å². The summed E-state index contributed by atoms with van der Waals surface area (Å²) in [5.41, 5.74) is 1.57. The van der Waals surface area contributed by atoms with Crippen molar-refractivity contribution < 1.29 is 14.3 Å². The second-order valence-electron chi connectivity index (χ2n) is 5.69. The normalized spacial score (nSPS) is 10.9. The van der Waals surface area contributed by atoms with Gasteiger partial charge in [0.05, 0.1) is 30.9 Å². The molecule has 8 heteroatoms. The topological polar surface area (TPSA) is 81.9 Å². The molecule has 2 heterocycles. The van der Waals surface area contributed by atoms with Crippen LogP contribution in [0.1, 0.15) is 9.67 Å². The Hall–Kier alpha value is -3.39. The SMILES string of the molecule is COc1ccc(OC)c(NC(=O)c2cc(=O)n3c(nc4ccccc43)s2)c1. The van der Waals surface area contributed by atoms with Gasteiger partial charge >= 0.3 is 0 Å². The van der Waals surface area contributed by atoms with E-state index in [-0.39, 0.29) is 10.4 Å². The van der Waals surface area contributed by atoms with Crippen molar-refractivity contribution >= 4 is 38.9 Å². The van der Waals surface area contributed by atoms with Crippen molar-refractivity contribution in [3.05, 3.63) is 63.8 Å². The summed E-state index contributed by atoms with van der Waals surface area (Å²) in [5.74, 6) is 0.650. The van der Waals surface area contributed by atoms with Crippen molar-refractivity contribution in [3.8, 4) is 11.5 Å². The van der Waals surface area contributed by atoms with Gasteiger partial charge in [0.1, 0.15) is 16.4 Å². The lowest BCUT2D eigenvalue weighted by atomic mass is 10.2. The number of hydrogen-bond donors (Lipinski definition) is 1. The Kier molecular flexibility index (Phi) is 4.25. The highest BCUT2D eigenvalue weighted by atomic mass is 32.1. The van der Waals surface area contributed by atoms with Crippen LogP contribution in [0.3, 0.4) is 0 Å². The van der Waals surface area contributed by atoms with E-state index in [4.69, 9.17) is 9.47 Å². The van der Waals surface area contributed by atoms with E-state index in [1.165, 1.54) is 24.7 Å². The van der Waals surface area contributed by atoms with Crippen molar-refractivity contribution in [1.82, 2.24) is 9.38 Å². The Labute approximate surface area is 157 Å². The molecule has 0 fully saturated rings. The predicted octanol–water partition coefficient (Wildman–Crippen LogP) is 3.18. The number of nitrogens with one attached hydrogen (secondary N) is 1. The number of rotatable bonds is 4. The summed E-state index contributed by atoms with van der Waals surface area (Å²) in [6.07, 6.45) is 0. The summed E-state index contributed by atoms with van der Waals surface area (Å²) < 4.78 is 12.0. The zero-order valence-corrected chi connectivity index (χ0v) is 15.4. The summed E-state index contributed by atoms with van der Waals surface area (Å²) in [5, 5.41) is 2.77. The number of imidazole rings is 1. The molecule has 0 unspecified atom stereocenters. The number of carbonyl (C=O) groups is 1. The highest BCUT2D eigenvalue weighted by Gasteiger charge is 2.16. The molecule has 2 aromatic heterocycles. The molecule has 1 N–H and O–H groups in total. The second-order valence-corrected chi connectivity index (χ2v) is 6.70. The number of ether oxygens (including phenoxy) is 2. The van der Waals surface area contributed by atoms with E-state index < -0.39 is 5.91 Å². The maximum absolute atomic E-state index is 12.7. The second kappa shape index (κ2) is 6.73. The Morgan fingerprint density at radius 3 is 2.70 bits per heavy atom. The number of aromatic nitrogens is 2. The van der Waals surface area contributed by atoms with Gasteiger partial charge in [0, 0.05) is 12.1 Å². The highest BCUT2D eigenvalue weighted by Crippen LogP contribution is 2.29. The summed E-state index contributed by atoms with van der Waals surface area (Å²) in [7, 11) is 3.05. The molecule has 1 amide bonds. The first-order chi connectivity index (χ1) is 13.1. The number of hydrogen-bond acceptors (Lipinski definition) is 6. The zero-order valence-electron chi connectivity index (χ0n) is 14.6. The lowest BCUT2D eigenvalue weighted by molar-refractivity contribution is 0.103. The molecular weight excluding hydrogens is 366 g/mol. The van der Waals surface area contributed by atoms with Gasteiger partial charge in [0.2, 0.25) is 0 Å². The molecule has 0 aliphatic carbocycles. The van der Waals surface area contributed by atoms with Crippen LogP contribution in [0.5, 0.6) is 11.5 Å². The van der Waals surface area contributed by atoms with Crippen LogP contribution in [-0.2, 0) is 0 Å². The number of amides is 1. The van der Waals surface area contributed by atoms with Gasteiger partial charge in [-0.3, -0.25) is 14.0 Å². The van der Waals surface area contributed by atoms with Gasteiger partial charge in [0.15, 0.2) is 4.96 Å². The number of benzene rings is 2. The average Bonchev–Trinajstić information content (AvgIpc) is 3.06. The summed E-state index contributed by atoms with van der Waals surface area (Å²) in [6.45, 7) is 0. The average molecular weight is 381 g/mol. The molecule has 0 aliphatic heterocycles. The number of anilines is 1. The number of carbonyl (C=O) groups excluding carboxylic acids is 1. The van der Waals surface area contributed by atoms with Crippen LogP contribution in [0, 0.1) is 0 Å². The first kappa shape index (κ1) is 17.0. The van der Waals surface area contributed by atoms with Crippen LogP contribution in [0.2, 0.25) is 0 Å². The third-order valence-corrected chi connectivity index (χ3v) is 5.06. The Morgan fingerprint density at radius 2 is 1.93 bits per heavy atom. The Bertz CT molecular complexity index is 1230. The van der Waals surface area contributed by atoms with Gasteiger partial charge in [-0.15, -0.1) is 0 Å². The van der Waals surface area contributed by atoms with Gasteiger partial charge in [0.25, 0.3) is 11.5 Å². The standard InChI is InChI=1S/C19H15N3O4S/c1-25-11-7-8-15(26-2)13(9-11)20-18(24)16-10-17(23)22-14-6-4-3-5-12(14)21-19(22)27-16/h3-10H,1-2H3,(H,20,24). The van der Waals surface area contributed by atoms with Crippen molar-refractivity contribution in [2.45, 2.75) is 0 Å². The van der Waals surface area contributed by atoms with E-state index in [0.29, 0.717) is 27.7 Å². The fourth-order valence-electron chi connectivity index (χ4n) is 2.80. The molecule has 27 heavy (non-hydrogen) atoms. The van der Waals surface area contributed by atoms with E-state index >= 15 is 0 Å². The molecule has 0 spiro atoms. The lowest BCUT2D eigenvalue weighted by Crippen LogP contribution is -2.17. The minimum Gasteiger partial charge on any atom is -0.497 e. The van der Waals surface area contributed by atoms with Crippen LogP contribution in [-0.4, -0.2) is 29.5 Å². The van der Waals surface area contributed by atoms with Gasteiger partial charge in [-0.05, 0) is 24.3 Å². The lowest BCUT2D eigenvalue weighted by Gasteiger charge is -2.11. The quantitative estimate of drug-likeness (QED) is 0.587. The van der Waals surface area contributed by atoms with Gasteiger partial charge in [-0.25, -0.2) is 4.98 Å². The number of fused-ring (bicyclic) bond motifs is 3. The highest BCUT2D eigenvalue weighted by molar-refractivity contribution is 7.18.